The maximum atomic E-state index is 12.7. The first-order valence-electron chi connectivity index (χ1n) is 8.78. The molecule has 1 amide bonds. The van der Waals surface area contributed by atoms with Gasteiger partial charge in [0.1, 0.15) is 0 Å². The maximum absolute atomic E-state index is 12.7. The van der Waals surface area contributed by atoms with Gasteiger partial charge in [0.25, 0.3) is 0 Å². The fourth-order valence-electron chi connectivity index (χ4n) is 3.86. The van der Waals surface area contributed by atoms with Gasteiger partial charge < -0.3 is 10.2 Å². The zero-order valence-corrected chi connectivity index (χ0v) is 13.4. The molecule has 3 nitrogen and oxygen atoms in total. The molecule has 116 valence electrons. The molecule has 0 saturated carbocycles. The van der Waals surface area contributed by atoms with Gasteiger partial charge in [-0.15, -0.1) is 0 Å². The molecule has 0 aromatic rings. The standard InChI is InChI=1S/C17H32N2O/c1-3-5-8-14(4-2)17(20)19-12-7-9-15(13-19)16-10-6-11-18-16/h14-16,18H,3-13H2,1-2H3. The lowest BCUT2D eigenvalue weighted by molar-refractivity contribution is -0.138. The number of unbranched alkanes of at least 4 members (excludes halogenated alkanes) is 1. The number of nitrogens with one attached hydrogen (secondary N) is 1. The summed E-state index contributed by atoms with van der Waals surface area (Å²) in [6, 6.07) is 0.668. The van der Waals surface area contributed by atoms with Gasteiger partial charge in [-0.25, -0.2) is 0 Å². The highest BCUT2D eigenvalue weighted by atomic mass is 16.2. The fraction of sp³-hybridized carbons (Fsp3) is 0.941. The average Bonchev–Trinajstić information content (AvgIpc) is 3.02. The number of carbonyl (C=O) groups excluding carboxylic acids is 1. The van der Waals surface area contributed by atoms with Crippen molar-refractivity contribution in [2.75, 3.05) is 19.6 Å². The first-order valence-corrected chi connectivity index (χ1v) is 8.78. The molecule has 0 aromatic heterocycles. The molecular weight excluding hydrogens is 248 g/mol. The van der Waals surface area contributed by atoms with Gasteiger partial charge in [-0.1, -0.05) is 26.7 Å². The van der Waals surface area contributed by atoms with E-state index in [-0.39, 0.29) is 5.92 Å². The Kier molecular flexibility index (Phi) is 6.34. The molecule has 2 rings (SSSR count). The van der Waals surface area contributed by atoms with Crippen molar-refractivity contribution < 1.29 is 4.79 Å². The second-order valence-corrected chi connectivity index (χ2v) is 6.64. The van der Waals surface area contributed by atoms with E-state index in [1.165, 1.54) is 45.1 Å². The van der Waals surface area contributed by atoms with Gasteiger partial charge in [0.2, 0.25) is 5.91 Å². The average molecular weight is 280 g/mol. The lowest BCUT2D eigenvalue weighted by Gasteiger charge is -2.37. The van der Waals surface area contributed by atoms with Gasteiger partial charge in [-0.05, 0) is 51.0 Å². The summed E-state index contributed by atoms with van der Waals surface area (Å²) < 4.78 is 0. The van der Waals surface area contributed by atoms with Crippen LogP contribution in [-0.4, -0.2) is 36.5 Å². The molecular formula is C17H32N2O. The van der Waals surface area contributed by atoms with E-state index in [0.29, 0.717) is 17.9 Å². The normalized spacial score (nSPS) is 28.6. The van der Waals surface area contributed by atoms with Gasteiger partial charge in [0, 0.05) is 25.0 Å². The first-order chi connectivity index (χ1) is 9.76. The number of carbonyl (C=O) groups is 1. The summed E-state index contributed by atoms with van der Waals surface area (Å²) >= 11 is 0. The Morgan fingerprint density at radius 3 is 2.80 bits per heavy atom. The zero-order chi connectivity index (χ0) is 14.4. The van der Waals surface area contributed by atoms with Crippen LogP contribution in [0.4, 0.5) is 0 Å². The monoisotopic (exact) mass is 280 g/mol. The minimum atomic E-state index is 0.269. The lowest BCUT2D eigenvalue weighted by Crippen LogP contribution is -2.47. The Labute approximate surface area is 124 Å². The number of amides is 1. The molecule has 0 radical (unpaired) electrons. The Morgan fingerprint density at radius 1 is 1.30 bits per heavy atom. The highest BCUT2D eigenvalue weighted by molar-refractivity contribution is 5.78. The summed E-state index contributed by atoms with van der Waals surface area (Å²) in [5, 5.41) is 3.63. The van der Waals surface area contributed by atoms with Gasteiger partial charge in [0.15, 0.2) is 0 Å². The third-order valence-corrected chi connectivity index (χ3v) is 5.19. The van der Waals surface area contributed by atoms with Crippen LogP contribution in [0, 0.1) is 11.8 Å². The van der Waals surface area contributed by atoms with Crippen LogP contribution in [0.25, 0.3) is 0 Å². The van der Waals surface area contributed by atoms with Gasteiger partial charge in [-0.2, -0.15) is 0 Å². The number of rotatable bonds is 6. The van der Waals surface area contributed by atoms with E-state index in [0.717, 1.165) is 25.9 Å². The van der Waals surface area contributed by atoms with E-state index < -0.39 is 0 Å². The fourth-order valence-corrected chi connectivity index (χ4v) is 3.86. The molecule has 3 heteroatoms. The molecule has 2 fully saturated rings. The molecule has 2 aliphatic rings. The van der Waals surface area contributed by atoms with Crippen LogP contribution >= 0.6 is 0 Å². The number of likely N-dealkylation sites (tertiary alicyclic amines) is 1. The first kappa shape index (κ1) is 15.8. The smallest absolute Gasteiger partial charge is 0.225 e. The summed E-state index contributed by atoms with van der Waals surface area (Å²) in [5.74, 6) is 1.40. The van der Waals surface area contributed by atoms with Crippen molar-refractivity contribution in [3.8, 4) is 0 Å². The van der Waals surface area contributed by atoms with E-state index in [9.17, 15) is 4.79 Å². The second kappa shape index (κ2) is 8.02. The van der Waals surface area contributed by atoms with Crippen molar-refractivity contribution in [3.05, 3.63) is 0 Å². The number of nitrogens with zero attached hydrogens (tertiary/aromatic N) is 1. The highest BCUT2D eigenvalue weighted by Gasteiger charge is 2.32. The second-order valence-electron chi connectivity index (χ2n) is 6.64. The molecule has 0 aliphatic carbocycles. The summed E-state index contributed by atoms with van der Waals surface area (Å²) in [6.45, 7) is 7.53. The van der Waals surface area contributed by atoms with Crippen molar-refractivity contribution >= 4 is 5.91 Å². The quantitative estimate of drug-likeness (QED) is 0.810. The van der Waals surface area contributed by atoms with E-state index in [1.54, 1.807) is 0 Å². The molecule has 20 heavy (non-hydrogen) atoms. The van der Waals surface area contributed by atoms with Gasteiger partial charge in [0.05, 0.1) is 0 Å². The molecule has 0 bridgehead atoms. The predicted molar refractivity (Wildman–Crippen MR) is 83.6 cm³/mol. The van der Waals surface area contributed by atoms with Crippen LogP contribution in [0.15, 0.2) is 0 Å². The Hall–Kier alpha value is -0.570. The summed E-state index contributed by atoms with van der Waals surface area (Å²) in [7, 11) is 0. The topological polar surface area (TPSA) is 32.3 Å². The van der Waals surface area contributed by atoms with E-state index in [1.807, 2.05) is 0 Å². The predicted octanol–water partition coefficient (Wildman–Crippen LogP) is 3.19. The third-order valence-electron chi connectivity index (χ3n) is 5.19. The summed E-state index contributed by atoms with van der Waals surface area (Å²) in [4.78, 5) is 14.9. The van der Waals surface area contributed by atoms with Crippen LogP contribution in [0.2, 0.25) is 0 Å². The Balaban J connectivity index is 1.87. The molecule has 0 spiro atoms. The molecule has 3 atom stereocenters. The number of piperidine rings is 1. The van der Waals surface area contributed by atoms with Crippen molar-refractivity contribution in [1.82, 2.24) is 10.2 Å². The largest absolute Gasteiger partial charge is 0.342 e. The van der Waals surface area contributed by atoms with Crippen LogP contribution in [0.5, 0.6) is 0 Å². The highest BCUT2D eigenvalue weighted by Crippen LogP contribution is 2.26. The lowest BCUT2D eigenvalue weighted by atomic mass is 9.88. The summed E-state index contributed by atoms with van der Waals surface area (Å²) in [5.41, 5.74) is 0. The van der Waals surface area contributed by atoms with E-state index in [4.69, 9.17) is 0 Å². The van der Waals surface area contributed by atoms with E-state index in [2.05, 4.69) is 24.1 Å². The molecule has 1 N–H and O–H groups in total. The van der Waals surface area contributed by atoms with Crippen molar-refractivity contribution in [2.45, 2.75) is 71.3 Å². The number of hydrogen-bond acceptors (Lipinski definition) is 2. The minimum Gasteiger partial charge on any atom is -0.342 e. The third kappa shape index (κ3) is 3.97. The van der Waals surface area contributed by atoms with Crippen LogP contribution < -0.4 is 5.32 Å². The number of hydrogen-bond donors (Lipinski definition) is 1. The Bertz CT molecular complexity index is 299. The zero-order valence-electron chi connectivity index (χ0n) is 13.4. The van der Waals surface area contributed by atoms with Gasteiger partial charge >= 0.3 is 0 Å². The maximum Gasteiger partial charge on any atom is 0.225 e. The molecule has 2 heterocycles. The van der Waals surface area contributed by atoms with Crippen molar-refractivity contribution in [1.29, 1.82) is 0 Å². The molecule has 2 saturated heterocycles. The van der Waals surface area contributed by atoms with Crippen molar-refractivity contribution in [3.63, 3.8) is 0 Å². The van der Waals surface area contributed by atoms with Crippen LogP contribution in [-0.2, 0) is 4.79 Å². The minimum absolute atomic E-state index is 0.269. The SMILES string of the molecule is CCCCC(CC)C(=O)N1CCCC(C2CCCN2)C1. The van der Waals surface area contributed by atoms with E-state index >= 15 is 0 Å². The van der Waals surface area contributed by atoms with Gasteiger partial charge in [-0.3, -0.25) is 4.79 Å². The Morgan fingerprint density at radius 2 is 2.15 bits per heavy atom. The molecule has 3 unspecified atom stereocenters. The molecule has 2 aliphatic heterocycles. The van der Waals surface area contributed by atoms with Crippen molar-refractivity contribution in [2.24, 2.45) is 11.8 Å². The molecule has 0 aromatic carbocycles. The van der Waals surface area contributed by atoms with Crippen LogP contribution in [0.1, 0.15) is 65.2 Å². The summed E-state index contributed by atoms with van der Waals surface area (Å²) in [6.07, 6.45) is 9.56. The van der Waals surface area contributed by atoms with Crippen LogP contribution in [0.3, 0.4) is 0 Å².